The van der Waals surface area contributed by atoms with Gasteiger partial charge in [-0.2, -0.15) is 0 Å². The summed E-state index contributed by atoms with van der Waals surface area (Å²) in [6.07, 6.45) is 1.14. The van der Waals surface area contributed by atoms with Crippen LogP contribution in [0.3, 0.4) is 0 Å². The predicted molar refractivity (Wildman–Crippen MR) is 109 cm³/mol. The van der Waals surface area contributed by atoms with Crippen LogP contribution >= 0.6 is 11.3 Å². The van der Waals surface area contributed by atoms with E-state index < -0.39 is 23.9 Å². The maximum Gasteiger partial charge on any atom is 0.358 e. The van der Waals surface area contributed by atoms with Gasteiger partial charge in [-0.05, 0) is 19.1 Å². The molecule has 0 aliphatic carbocycles. The highest BCUT2D eigenvalue weighted by Gasteiger charge is 2.23. The summed E-state index contributed by atoms with van der Waals surface area (Å²) in [5.41, 5.74) is 0.279. The average molecular weight is 430 g/mol. The molecule has 2 heterocycles. The number of rotatable bonds is 7. The van der Waals surface area contributed by atoms with Gasteiger partial charge >= 0.3 is 5.97 Å². The van der Waals surface area contributed by atoms with E-state index in [2.05, 4.69) is 10.3 Å². The maximum absolute atomic E-state index is 12.2. The molecular formula is C20H18N2O7S. The van der Waals surface area contributed by atoms with Crippen molar-refractivity contribution in [2.45, 2.75) is 6.92 Å². The van der Waals surface area contributed by atoms with Gasteiger partial charge in [0.15, 0.2) is 17.4 Å². The largest absolute Gasteiger partial charge is 0.496 e. The van der Waals surface area contributed by atoms with E-state index in [1.165, 1.54) is 20.3 Å². The Morgan fingerprint density at radius 1 is 1.20 bits per heavy atom. The highest BCUT2D eigenvalue weighted by Crippen LogP contribution is 2.38. The maximum atomic E-state index is 12.2. The molecule has 0 atom stereocenters. The lowest BCUT2D eigenvalue weighted by Crippen LogP contribution is -2.22. The number of ether oxygens (including phenoxy) is 3. The van der Waals surface area contributed by atoms with E-state index in [4.69, 9.17) is 18.6 Å². The van der Waals surface area contributed by atoms with Crippen LogP contribution in [0.15, 0.2) is 45.8 Å². The third-order valence-corrected chi connectivity index (χ3v) is 4.90. The fourth-order valence-electron chi connectivity index (χ4n) is 2.52. The number of nitrogens with zero attached hydrogens (tertiary/aromatic N) is 1. The molecule has 1 amide bonds. The zero-order valence-electron chi connectivity index (χ0n) is 16.4. The van der Waals surface area contributed by atoms with Crippen molar-refractivity contribution >= 4 is 28.3 Å². The summed E-state index contributed by atoms with van der Waals surface area (Å²) >= 11 is 1.08. The molecule has 0 bridgehead atoms. The van der Waals surface area contributed by atoms with Crippen molar-refractivity contribution in [3.8, 4) is 21.9 Å². The molecule has 156 valence electrons. The number of benzene rings is 1. The van der Waals surface area contributed by atoms with E-state index in [-0.39, 0.29) is 16.6 Å². The Balaban J connectivity index is 1.80. The molecule has 0 fully saturated rings. The van der Waals surface area contributed by atoms with Crippen LogP contribution in [-0.4, -0.2) is 37.7 Å². The molecule has 0 radical (unpaired) electrons. The summed E-state index contributed by atoms with van der Waals surface area (Å²) in [7, 11) is 2.76. The lowest BCUT2D eigenvalue weighted by molar-refractivity contribution is -0.118. The normalized spacial score (nSPS) is 10.4. The second-order valence-electron chi connectivity index (χ2n) is 5.94. The molecule has 9 nitrogen and oxygen atoms in total. The molecule has 10 heteroatoms. The number of anilines is 1. The first-order chi connectivity index (χ1) is 14.4. The Labute approximate surface area is 175 Å². The van der Waals surface area contributed by atoms with Crippen LogP contribution in [0.25, 0.3) is 10.4 Å². The van der Waals surface area contributed by atoms with Gasteiger partial charge in [0.25, 0.3) is 5.91 Å². The van der Waals surface area contributed by atoms with E-state index >= 15 is 0 Å². The Hall–Kier alpha value is -3.66. The Bertz CT molecular complexity index is 1140. The molecule has 2 aromatic heterocycles. The minimum absolute atomic E-state index is 0.0439. The summed E-state index contributed by atoms with van der Waals surface area (Å²) in [4.78, 5) is 40.9. The summed E-state index contributed by atoms with van der Waals surface area (Å²) in [6.45, 7) is 1.18. The van der Waals surface area contributed by atoms with Gasteiger partial charge in [-0.3, -0.25) is 14.9 Å². The van der Waals surface area contributed by atoms with Gasteiger partial charge in [0.05, 0.1) is 19.1 Å². The van der Waals surface area contributed by atoms with Crippen molar-refractivity contribution in [2.75, 3.05) is 26.1 Å². The Kier molecular flexibility index (Phi) is 6.48. The zero-order valence-corrected chi connectivity index (χ0v) is 17.2. The van der Waals surface area contributed by atoms with Crippen LogP contribution in [0.2, 0.25) is 0 Å². The molecule has 0 spiro atoms. The predicted octanol–water partition coefficient (Wildman–Crippen LogP) is 2.88. The van der Waals surface area contributed by atoms with Crippen molar-refractivity contribution in [2.24, 2.45) is 0 Å². The van der Waals surface area contributed by atoms with Crippen molar-refractivity contribution < 1.29 is 28.2 Å². The molecule has 1 N–H and O–H groups in total. The van der Waals surface area contributed by atoms with Crippen LogP contribution in [0.1, 0.15) is 16.2 Å². The van der Waals surface area contributed by atoms with Gasteiger partial charge in [-0.25, -0.2) is 9.78 Å². The van der Waals surface area contributed by atoms with Gasteiger partial charge in [0.2, 0.25) is 11.2 Å². The van der Waals surface area contributed by atoms with E-state index in [1.54, 1.807) is 31.2 Å². The molecule has 0 aliphatic rings. The third-order valence-electron chi connectivity index (χ3n) is 3.89. The number of aryl methyl sites for hydroxylation is 1. The zero-order chi connectivity index (χ0) is 21.7. The van der Waals surface area contributed by atoms with Gasteiger partial charge < -0.3 is 18.6 Å². The number of carbonyl (C=O) groups excluding carboxylic acids is 2. The van der Waals surface area contributed by atoms with Gasteiger partial charge in [-0.15, -0.1) is 0 Å². The van der Waals surface area contributed by atoms with E-state index in [0.717, 1.165) is 17.6 Å². The summed E-state index contributed by atoms with van der Waals surface area (Å²) in [5, 5.41) is 2.72. The fraction of sp³-hybridized carbons (Fsp3) is 0.200. The number of thiazole rings is 1. The summed E-state index contributed by atoms with van der Waals surface area (Å²) < 4.78 is 20.4. The molecule has 3 aromatic rings. The van der Waals surface area contributed by atoms with Crippen LogP contribution in [0.4, 0.5) is 5.13 Å². The van der Waals surface area contributed by atoms with Crippen molar-refractivity contribution in [1.82, 2.24) is 4.98 Å². The van der Waals surface area contributed by atoms with Gasteiger partial charge in [0, 0.05) is 11.6 Å². The Morgan fingerprint density at radius 3 is 2.67 bits per heavy atom. The number of para-hydroxylation sites is 1. The van der Waals surface area contributed by atoms with Crippen LogP contribution in [0, 0.1) is 6.92 Å². The smallest absolute Gasteiger partial charge is 0.358 e. The standard InChI is InChI=1S/C20H18N2O7S/c1-11-8-13(23)15(9-28-11)29-10-16(24)21-20-22-17(19(25)27-3)18(30-20)12-6-4-5-7-14(12)26-2/h4-9H,10H2,1-3H3,(H,21,22,24). The van der Waals surface area contributed by atoms with E-state index in [0.29, 0.717) is 22.0 Å². The number of aromatic nitrogens is 1. The van der Waals surface area contributed by atoms with Gasteiger partial charge in [0.1, 0.15) is 17.8 Å². The minimum atomic E-state index is -0.652. The molecule has 3 rings (SSSR count). The molecule has 1 aromatic carbocycles. The van der Waals surface area contributed by atoms with Crippen molar-refractivity contribution in [1.29, 1.82) is 0 Å². The minimum Gasteiger partial charge on any atom is -0.496 e. The lowest BCUT2D eigenvalue weighted by Gasteiger charge is -2.07. The number of nitrogens with one attached hydrogen (secondary N) is 1. The summed E-state index contributed by atoms with van der Waals surface area (Å²) in [6, 6.07) is 8.36. The molecule has 0 aliphatic heterocycles. The number of hydrogen-bond acceptors (Lipinski definition) is 9. The number of methoxy groups -OCH3 is 2. The molecule has 0 saturated heterocycles. The molecule has 0 saturated carbocycles. The quantitative estimate of drug-likeness (QED) is 0.569. The lowest BCUT2D eigenvalue weighted by atomic mass is 10.1. The number of amides is 1. The third kappa shape index (κ3) is 4.66. The first-order valence-electron chi connectivity index (χ1n) is 8.67. The second kappa shape index (κ2) is 9.23. The topological polar surface area (TPSA) is 117 Å². The Morgan fingerprint density at radius 2 is 1.97 bits per heavy atom. The molecule has 0 unspecified atom stereocenters. The SMILES string of the molecule is COC(=O)c1nc(NC(=O)COc2coc(C)cc2=O)sc1-c1ccccc1OC. The molecular weight excluding hydrogens is 412 g/mol. The van der Waals surface area contributed by atoms with Crippen molar-refractivity contribution in [3.05, 3.63) is 58.3 Å². The van der Waals surface area contributed by atoms with E-state index in [9.17, 15) is 14.4 Å². The fourth-order valence-corrected chi connectivity index (χ4v) is 3.52. The second-order valence-corrected chi connectivity index (χ2v) is 6.94. The number of hydrogen-bond donors (Lipinski definition) is 1. The first-order valence-corrected chi connectivity index (χ1v) is 9.49. The number of carbonyl (C=O) groups is 2. The van der Waals surface area contributed by atoms with E-state index in [1.807, 2.05) is 0 Å². The van der Waals surface area contributed by atoms with Crippen molar-refractivity contribution in [3.63, 3.8) is 0 Å². The van der Waals surface area contributed by atoms with Crippen LogP contribution in [-0.2, 0) is 9.53 Å². The summed E-state index contributed by atoms with van der Waals surface area (Å²) in [5.74, 6) is -0.329. The van der Waals surface area contributed by atoms with Crippen LogP contribution < -0.4 is 20.2 Å². The molecule has 30 heavy (non-hydrogen) atoms. The number of esters is 1. The highest BCUT2D eigenvalue weighted by atomic mass is 32.1. The van der Waals surface area contributed by atoms with Crippen LogP contribution in [0.5, 0.6) is 11.5 Å². The average Bonchev–Trinajstić information content (AvgIpc) is 3.16. The van der Waals surface area contributed by atoms with Gasteiger partial charge in [-0.1, -0.05) is 23.5 Å². The first kappa shape index (κ1) is 21.1. The highest BCUT2D eigenvalue weighted by molar-refractivity contribution is 7.19. The monoisotopic (exact) mass is 430 g/mol.